The van der Waals surface area contributed by atoms with Gasteiger partial charge < -0.3 is 10.1 Å². The number of carbonyl (C=O) groups excluding carboxylic acids is 1. The van der Waals surface area contributed by atoms with Crippen molar-refractivity contribution in [3.63, 3.8) is 0 Å². The zero-order valence-electron chi connectivity index (χ0n) is 9.99. The van der Waals surface area contributed by atoms with Crippen LogP contribution < -0.4 is 5.32 Å². The highest BCUT2D eigenvalue weighted by Crippen LogP contribution is 2.20. The lowest BCUT2D eigenvalue weighted by Gasteiger charge is -2.09. The Morgan fingerprint density at radius 3 is 2.47 bits per heavy atom. The molecule has 0 heterocycles. The van der Waals surface area contributed by atoms with Crippen LogP contribution in [-0.4, -0.2) is 20.1 Å². The minimum absolute atomic E-state index is 0.0807. The molecule has 0 fully saturated rings. The van der Waals surface area contributed by atoms with Crippen LogP contribution in [0.2, 0.25) is 0 Å². The monoisotopic (exact) mass is 229 g/mol. The third-order valence-electron chi connectivity index (χ3n) is 2.74. The second kappa shape index (κ2) is 4.97. The minimum atomic E-state index is -0.0807. The Morgan fingerprint density at radius 1 is 1.24 bits per heavy atom. The van der Waals surface area contributed by atoms with Gasteiger partial charge in [-0.25, -0.2) is 0 Å². The quantitative estimate of drug-likeness (QED) is 0.877. The third-order valence-corrected chi connectivity index (χ3v) is 2.74. The van der Waals surface area contributed by atoms with Crippen LogP contribution in [0.25, 0.3) is 10.8 Å². The molecule has 0 radical (unpaired) electrons. The van der Waals surface area contributed by atoms with Crippen molar-refractivity contribution in [2.45, 2.75) is 6.61 Å². The SMILES string of the molecule is CNC(=O)c1cc2ccccc2cc1COC. The summed E-state index contributed by atoms with van der Waals surface area (Å²) in [7, 11) is 3.26. The van der Waals surface area contributed by atoms with E-state index >= 15 is 0 Å². The van der Waals surface area contributed by atoms with E-state index in [1.807, 2.05) is 36.4 Å². The van der Waals surface area contributed by atoms with Gasteiger partial charge in [-0.2, -0.15) is 0 Å². The first kappa shape index (κ1) is 11.6. The highest BCUT2D eigenvalue weighted by Gasteiger charge is 2.11. The molecule has 3 heteroatoms. The van der Waals surface area contributed by atoms with E-state index < -0.39 is 0 Å². The van der Waals surface area contributed by atoms with Gasteiger partial charge in [0.15, 0.2) is 0 Å². The normalized spacial score (nSPS) is 10.5. The van der Waals surface area contributed by atoms with Gasteiger partial charge in [0, 0.05) is 19.7 Å². The summed E-state index contributed by atoms with van der Waals surface area (Å²) in [5.74, 6) is -0.0807. The van der Waals surface area contributed by atoms with Crippen molar-refractivity contribution >= 4 is 16.7 Å². The molecule has 0 aliphatic heterocycles. The average molecular weight is 229 g/mol. The van der Waals surface area contributed by atoms with Crippen molar-refractivity contribution in [1.29, 1.82) is 0 Å². The number of carbonyl (C=O) groups is 1. The van der Waals surface area contributed by atoms with Crippen LogP contribution in [0.5, 0.6) is 0 Å². The summed E-state index contributed by atoms with van der Waals surface area (Å²) in [4.78, 5) is 11.8. The highest BCUT2D eigenvalue weighted by molar-refractivity contribution is 6.00. The summed E-state index contributed by atoms with van der Waals surface area (Å²) in [6, 6.07) is 11.9. The predicted molar refractivity (Wildman–Crippen MR) is 68.1 cm³/mol. The fraction of sp³-hybridized carbons (Fsp3) is 0.214. The number of methoxy groups -OCH3 is 1. The van der Waals surface area contributed by atoms with Gasteiger partial charge >= 0.3 is 0 Å². The van der Waals surface area contributed by atoms with E-state index in [0.29, 0.717) is 12.2 Å². The van der Waals surface area contributed by atoms with Gasteiger partial charge in [-0.3, -0.25) is 4.79 Å². The Labute approximate surface area is 100 Å². The molecule has 0 atom stereocenters. The minimum Gasteiger partial charge on any atom is -0.380 e. The molecule has 0 saturated carbocycles. The Hall–Kier alpha value is -1.87. The average Bonchev–Trinajstić information content (AvgIpc) is 2.37. The summed E-state index contributed by atoms with van der Waals surface area (Å²) in [6.45, 7) is 0.438. The van der Waals surface area contributed by atoms with Gasteiger partial charge in [-0.15, -0.1) is 0 Å². The molecule has 0 unspecified atom stereocenters. The molecule has 2 aromatic carbocycles. The fourth-order valence-corrected chi connectivity index (χ4v) is 1.91. The topological polar surface area (TPSA) is 38.3 Å². The second-order valence-corrected chi connectivity index (χ2v) is 3.87. The van der Waals surface area contributed by atoms with Crippen LogP contribution in [-0.2, 0) is 11.3 Å². The Morgan fingerprint density at radius 2 is 1.88 bits per heavy atom. The third kappa shape index (κ3) is 2.29. The summed E-state index contributed by atoms with van der Waals surface area (Å²) < 4.78 is 5.13. The van der Waals surface area contributed by atoms with Crippen LogP contribution >= 0.6 is 0 Å². The lowest BCUT2D eigenvalue weighted by molar-refractivity contribution is 0.0958. The Bertz CT molecular complexity index is 549. The van der Waals surface area contributed by atoms with E-state index in [2.05, 4.69) is 5.32 Å². The van der Waals surface area contributed by atoms with Gasteiger partial charge in [-0.05, 0) is 28.5 Å². The standard InChI is InChI=1S/C14H15NO2/c1-15-14(16)13-8-11-6-4-3-5-10(11)7-12(13)9-17-2/h3-8H,9H2,1-2H3,(H,15,16). The fourth-order valence-electron chi connectivity index (χ4n) is 1.91. The highest BCUT2D eigenvalue weighted by atomic mass is 16.5. The maximum absolute atomic E-state index is 11.8. The number of fused-ring (bicyclic) bond motifs is 1. The predicted octanol–water partition coefficient (Wildman–Crippen LogP) is 2.35. The Balaban J connectivity index is 2.61. The largest absolute Gasteiger partial charge is 0.380 e. The summed E-state index contributed by atoms with van der Waals surface area (Å²) in [5.41, 5.74) is 1.58. The molecule has 0 aliphatic rings. The molecule has 1 amide bonds. The van der Waals surface area contributed by atoms with Gasteiger partial charge in [0.25, 0.3) is 5.91 Å². The maximum atomic E-state index is 11.8. The first-order valence-corrected chi connectivity index (χ1v) is 5.49. The number of rotatable bonds is 3. The number of hydrogen-bond acceptors (Lipinski definition) is 2. The van der Waals surface area contributed by atoms with E-state index in [9.17, 15) is 4.79 Å². The number of amides is 1. The van der Waals surface area contributed by atoms with Crippen LogP contribution in [0.1, 0.15) is 15.9 Å². The van der Waals surface area contributed by atoms with Crippen molar-refractivity contribution in [2.24, 2.45) is 0 Å². The summed E-state index contributed by atoms with van der Waals surface area (Å²) in [6.07, 6.45) is 0. The second-order valence-electron chi connectivity index (χ2n) is 3.87. The van der Waals surface area contributed by atoms with Crippen LogP contribution in [0.4, 0.5) is 0 Å². The molecule has 0 bridgehead atoms. The Kier molecular flexibility index (Phi) is 3.40. The summed E-state index contributed by atoms with van der Waals surface area (Å²) in [5, 5.41) is 4.83. The van der Waals surface area contributed by atoms with E-state index in [-0.39, 0.29) is 5.91 Å². The molecular weight excluding hydrogens is 214 g/mol. The zero-order chi connectivity index (χ0) is 12.3. The first-order chi connectivity index (χ1) is 8.26. The summed E-state index contributed by atoms with van der Waals surface area (Å²) >= 11 is 0. The van der Waals surface area contributed by atoms with E-state index in [1.54, 1.807) is 14.2 Å². The van der Waals surface area contributed by atoms with Gasteiger partial charge in [-0.1, -0.05) is 24.3 Å². The van der Waals surface area contributed by atoms with Gasteiger partial charge in [0.1, 0.15) is 0 Å². The molecule has 2 aromatic rings. The van der Waals surface area contributed by atoms with E-state index in [1.165, 1.54) is 0 Å². The van der Waals surface area contributed by atoms with Crippen LogP contribution in [0, 0.1) is 0 Å². The first-order valence-electron chi connectivity index (χ1n) is 5.49. The van der Waals surface area contributed by atoms with Crippen molar-refractivity contribution in [3.05, 3.63) is 47.5 Å². The molecule has 0 aliphatic carbocycles. The van der Waals surface area contributed by atoms with Crippen LogP contribution in [0.15, 0.2) is 36.4 Å². The van der Waals surface area contributed by atoms with Crippen molar-refractivity contribution in [3.8, 4) is 0 Å². The van der Waals surface area contributed by atoms with E-state index in [0.717, 1.165) is 16.3 Å². The molecular formula is C14H15NO2. The number of hydrogen-bond donors (Lipinski definition) is 1. The molecule has 88 valence electrons. The van der Waals surface area contributed by atoms with Crippen molar-refractivity contribution in [2.75, 3.05) is 14.2 Å². The molecule has 0 aromatic heterocycles. The number of nitrogens with one attached hydrogen (secondary N) is 1. The molecule has 0 saturated heterocycles. The molecule has 3 nitrogen and oxygen atoms in total. The zero-order valence-corrected chi connectivity index (χ0v) is 9.99. The maximum Gasteiger partial charge on any atom is 0.251 e. The van der Waals surface area contributed by atoms with Gasteiger partial charge in [0.2, 0.25) is 0 Å². The van der Waals surface area contributed by atoms with Gasteiger partial charge in [0.05, 0.1) is 6.61 Å². The molecule has 2 rings (SSSR count). The lowest BCUT2D eigenvalue weighted by atomic mass is 10.0. The smallest absolute Gasteiger partial charge is 0.251 e. The lowest BCUT2D eigenvalue weighted by Crippen LogP contribution is -2.19. The molecule has 0 spiro atoms. The molecule has 1 N–H and O–H groups in total. The van der Waals surface area contributed by atoms with E-state index in [4.69, 9.17) is 4.74 Å². The number of ether oxygens (including phenoxy) is 1. The van der Waals surface area contributed by atoms with Crippen LogP contribution in [0.3, 0.4) is 0 Å². The molecule has 17 heavy (non-hydrogen) atoms. The van der Waals surface area contributed by atoms with Crippen molar-refractivity contribution in [1.82, 2.24) is 5.32 Å². The number of benzene rings is 2. The van der Waals surface area contributed by atoms with Crippen molar-refractivity contribution < 1.29 is 9.53 Å².